The minimum Gasteiger partial charge on any atom is -0.334 e. The van der Waals surface area contributed by atoms with Crippen molar-refractivity contribution in [2.24, 2.45) is 0 Å². The smallest absolute Gasteiger partial charge is 0.334 e. The van der Waals surface area contributed by atoms with Crippen molar-refractivity contribution in [1.82, 2.24) is 9.96 Å². The maximum Gasteiger partial charge on any atom is 0.336 e. The number of fused-ring (bicyclic) bond motifs is 1. The molecule has 0 saturated carbocycles. The Morgan fingerprint density at radius 2 is 1.79 bits per heavy atom. The van der Waals surface area contributed by atoms with Crippen LogP contribution in [0, 0.1) is 0 Å². The first kappa shape index (κ1) is 19.9. The Morgan fingerprint density at radius 1 is 1.11 bits per heavy atom. The lowest BCUT2D eigenvalue weighted by Crippen LogP contribution is -2.38. The van der Waals surface area contributed by atoms with E-state index in [1.807, 2.05) is 6.07 Å². The van der Waals surface area contributed by atoms with Crippen LogP contribution < -0.4 is 5.32 Å². The first-order chi connectivity index (χ1) is 13.4. The van der Waals surface area contributed by atoms with Gasteiger partial charge in [-0.2, -0.15) is 0 Å². The maximum atomic E-state index is 12.4. The Labute approximate surface area is 167 Å². The van der Waals surface area contributed by atoms with Crippen LogP contribution in [0.15, 0.2) is 42.5 Å². The Hall–Kier alpha value is -2.90. The summed E-state index contributed by atoms with van der Waals surface area (Å²) in [6.07, 6.45) is 0. The van der Waals surface area contributed by atoms with Gasteiger partial charge in [0.2, 0.25) is 5.91 Å². The molecule has 0 aliphatic carbocycles. The van der Waals surface area contributed by atoms with E-state index < -0.39 is 11.8 Å². The third-order valence-electron chi connectivity index (χ3n) is 4.51. The van der Waals surface area contributed by atoms with E-state index >= 15 is 0 Å². The summed E-state index contributed by atoms with van der Waals surface area (Å²) in [6, 6.07) is 12.2. The van der Waals surface area contributed by atoms with Crippen LogP contribution in [0.25, 0.3) is 0 Å². The van der Waals surface area contributed by atoms with Gasteiger partial charge in [-0.3, -0.25) is 19.2 Å². The number of carbonyl (C=O) groups excluding carboxylic acids is 3. The summed E-state index contributed by atoms with van der Waals surface area (Å²) in [5.41, 5.74) is 3.24. The number of carbonyl (C=O) groups is 3. The zero-order valence-corrected chi connectivity index (χ0v) is 16.3. The van der Waals surface area contributed by atoms with Crippen molar-refractivity contribution in [1.29, 1.82) is 0 Å². The summed E-state index contributed by atoms with van der Waals surface area (Å²) in [5, 5.41) is 4.15. The molecule has 0 radical (unpaired) electrons. The van der Waals surface area contributed by atoms with Crippen molar-refractivity contribution in [3.05, 3.63) is 64.2 Å². The molecule has 2 aromatic rings. The molecule has 0 unspecified atom stereocenters. The van der Waals surface area contributed by atoms with E-state index in [4.69, 9.17) is 16.4 Å². The van der Waals surface area contributed by atoms with Crippen LogP contribution in [-0.4, -0.2) is 34.8 Å². The SMILES string of the molecule is CON(Cc1ccc(Cl)cc1)C(=O)C(=O)Nc1ccc2c(c1)CN(C(C)=O)C2. The number of halogens is 1. The quantitative estimate of drug-likeness (QED) is 0.631. The molecule has 3 amide bonds. The van der Waals surface area contributed by atoms with Gasteiger partial charge < -0.3 is 10.2 Å². The van der Waals surface area contributed by atoms with Gasteiger partial charge in [0.15, 0.2) is 0 Å². The van der Waals surface area contributed by atoms with Crippen LogP contribution in [0.5, 0.6) is 0 Å². The summed E-state index contributed by atoms with van der Waals surface area (Å²) >= 11 is 5.85. The number of amides is 3. The van der Waals surface area contributed by atoms with E-state index in [1.165, 1.54) is 14.0 Å². The topological polar surface area (TPSA) is 79.0 Å². The van der Waals surface area contributed by atoms with E-state index in [2.05, 4.69) is 5.32 Å². The van der Waals surface area contributed by atoms with Gasteiger partial charge in [-0.1, -0.05) is 29.8 Å². The molecular weight excluding hydrogens is 382 g/mol. The van der Waals surface area contributed by atoms with Crippen molar-refractivity contribution >= 4 is 35.0 Å². The molecule has 0 fully saturated rings. The molecule has 7 nitrogen and oxygen atoms in total. The fourth-order valence-corrected chi connectivity index (χ4v) is 3.09. The molecule has 2 aromatic carbocycles. The monoisotopic (exact) mass is 401 g/mol. The van der Waals surface area contributed by atoms with Gasteiger partial charge in [-0.05, 0) is 41.0 Å². The lowest BCUT2D eigenvalue weighted by Gasteiger charge is -2.19. The fraction of sp³-hybridized carbons (Fsp3) is 0.250. The molecule has 0 bridgehead atoms. The third-order valence-corrected chi connectivity index (χ3v) is 4.76. The van der Waals surface area contributed by atoms with Crippen LogP contribution in [0.2, 0.25) is 5.02 Å². The summed E-state index contributed by atoms with van der Waals surface area (Å²) in [4.78, 5) is 43.1. The molecule has 28 heavy (non-hydrogen) atoms. The molecule has 1 aliphatic rings. The van der Waals surface area contributed by atoms with E-state index in [0.717, 1.165) is 21.8 Å². The zero-order chi connectivity index (χ0) is 20.3. The second-order valence-corrected chi connectivity index (χ2v) is 6.90. The molecule has 0 aromatic heterocycles. The van der Waals surface area contributed by atoms with Crippen LogP contribution in [0.4, 0.5) is 5.69 Å². The van der Waals surface area contributed by atoms with E-state index in [9.17, 15) is 14.4 Å². The number of benzene rings is 2. The highest BCUT2D eigenvalue weighted by Gasteiger charge is 2.24. The molecule has 3 rings (SSSR count). The lowest BCUT2D eigenvalue weighted by molar-refractivity contribution is -0.181. The summed E-state index contributed by atoms with van der Waals surface area (Å²) in [5.74, 6) is -1.63. The van der Waals surface area contributed by atoms with Gasteiger partial charge in [0.25, 0.3) is 0 Å². The number of anilines is 1. The minimum atomic E-state index is -0.816. The zero-order valence-electron chi connectivity index (χ0n) is 15.6. The van der Waals surface area contributed by atoms with Crippen molar-refractivity contribution in [2.45, 2.75) is 26.6 Å². The normalized spacial score (nSPS) is 12.5. The highest BCUT2D eigenvalue weighted by molar-refractivity contribution is 6.39. The first-order valence-corrected chi connectivity index (χ1v) is 9.04. The molecular formula is C20H20ClN3O4. The standard InChI is InChI=1S/C20H20ClN3O4/c1-13(25)23-11-15-5-8-18(9-16(15)12-23)22-19(26)20(27)24(28-2)10-14-3-6-17(21)7-4-14/h3-9H,10-12H2,1-2H3,(H,22,26). The average Bonchev–Trinajstić information content (AvgIpc) is 3.10. The van der Waals surface area contributed by atoms with Crippen molar-refractivity contribution in [2.75, 3.05) is 12.4 Å². The molecule has 0 atom stereocenters. The third kappa shape index (κ3) is 4.49. The van der Waals surface area contributed by atoms with Crippen LogP contribution in [-0.2, 0) is 38.9 Å². The Morgan fingerprint density at radius 3 is 2.43 bits per heavy atom. The molecule has 0 spiro atoms. The summed E-state index contributed by atoms with van der Waals surface area (Å²) in [6.45, 7) is 2.67. The van der Waals surface area contributed by atoms with Gasteiger partial charge in [0.05, 0.1) is 13.7 Å². The Bertz CT molecular complexity index is 914. The Balaban J connectivity index is 1.65. The lowest BCUT2D eigenvalue weighted by atomic mass is 10.1. The number of nitrogens with zero attached hydrogens (tertiary/aromatic N) is 2. The van der Waals surface area contributed by atoms with Crippen LogP contribution in [0.3, 0.4) is 0 Å². The average molecular weight is 402 g/mol. The predicted octanol–water partition coefficient (Wildman–Crippen LogP) is 2.73. The largest absolute Gasteiger partial charge is 0.336 e. The Kier molecular flexibility index (Phi) is 5.96. The van der Waals surface area contributed by atoms with Crippen LogP contribution in [0.1, 0.15) is 23.6 Å². The van der Waals surface area contributed by atoms with Crippen LogP contribution >= 0.6 is 11.6 Å². The second-order valence-electron chi connectivity index (χ2n) is 6.46. The molecule has 0 saturated heterocycles. The number of nitrogens with one attached hydrogen (secondary N) is 1. The van der Waals surface area contributed by atoms with Gasteiger partial charge in [0, 0.05) is 30.7 Å². The molecule has 8 heteroatoms. The fourth-order valence-electron chi connectivity index (χ4n) is 2.97. The van der Waals surface area contributed by atoms with Gasteiger partial charge >= 0.3 is 11.8 Å². The molecule has 1 heterocycles. The van der Waals surface area contributed by atoms with Gasteiger partial charge in [-0.15, -0.1) is 0 Å². The number of hydrogen-bond donors (Lipinski definition) is 1. The van der Waals surface area contributed by atoms with E-state index in [0.29, 0.717) is 23.8 Å². The minimum absolute atomic E-state index is 0.00472. The number of rotatable bonds is 4. The number of hydroxylamine groups is 2. The summed E-state index contributed by atoms with van der Waals surface area (Å²) < 4.78 is 0. The van der Waals surface area contributed by atoms with E-state index in [-0.39, 0.29) is 12.5 Å². The second kappa shape index (κ2) is 8.41. The first-order valence-electron chi connectivity index (χ1n) is 8.66. The van der Waals surface area contributed by atoms with Crippen molar-refractivity contribution in [3.63, 3.8) is 0 Å². The molecule has 1 N–H and O–H groups in total. The predicted molar refractivity (Wildman–Crippen MR) is 104 cm³/mol. The highest BCUT2D eigenvalue weighted by Crippen LogP contribution is 2.25. The van der Waals surface area contributed by atoms with Crippen molar-refractivity contribution < 1.29 is 19.2 Å². The number of hydrogen-bond acceptors (Lipinski definition) is 4. The van der Waals surface area contributed by atoms with Gasteiger partial charge in [0.1, 0.15) is 0 Å². The molecule has 146 valence electrons. The van der Waals surface area contributed by atoms with E-state index in [1.54, 1.807) is 41.3 Å². The summed E-state index contributed by atoms with van der Waals surface area (Å²) in [7, 11) is 1.33. The molecule has 1 aliphatic heterocycles. The highest BCUT2D eigenvalue weighted by atomic mass is 35.5. The van der Waals surface area contributed by atoms with Crippen molar-refractivity contribution in [3.8, 4) is 0 Å². The maximum absolute atomic E-state index is 12.4. The van der Waals surface area contributed by atoms with Gasteiger partial charge in [-0.25, -0.2) is 5.06 Å².